The number of carbonyl (C=O) groups is 1. The highest BCUT2D eigenvalue weighted by atomic mass is 16.6. The van der Waals surface area contributed by atoms with Crippen LogP contribution in [-0.4, -0.2) is 17.5 Å². The average Bonchev–Trinajstić information content (AvgIpc) is 3.16. The molecule has 0 aliphatic heterocycles. The number of hydrogen-bond donors (Lipinski definition) is 0. The van der Waals surface area contributed by atoms with Crippen LogP contribution in [0.5, 0.6) is 0 Å². The number of allylic oxidation sites excluding steroid dienone is 1. The first kappa shape index (κ1) is 13.3. The van der Waals surface area contributed by atoms with Crippen molar-refractivity contribution in [3.8, 4) is 0 Å². The number of ether oxygens (including phenoxy) is 1. The summed E-state index contributed by atoms with van der Waals surface area (Å²) in [6.07, 6.45) is 4.53. The molecule has 0 bridgehead atoms. The van der Waals surface area contributed by atoms with E-state index in [-0.39, 0.29) is 23.5 Å². The molecule has 1 fully saturated rings. The van der Waals surface area contributed by atoms with Crippen LogP contribution in [0, 0.1) is 22.0 Å². The number of non-ortho nitro benzene ring substituents is 1. The topological polar surface area (TPSA) is 69.4 Å². The molecule has 1 saturated carbocycles. The van der Waals surface area contributed by atoms with Crippen LogP contribution in [0.4, 0.5) is 5.69 Å². The summed E-state index contributed by atoms with van der Waals surface area (Å²) >= 11 is 0. The molecule has 1 aromatic rings. The lowest BCUT2D eigenvalue weighted by atomic mass is 10.1. The lowest BCUT2D eigenvalue weighted by molar-refractivity contribution is -0.384. The second kappa shape index (κ2) is 5.65. The Morgan fingerprint density at radius 2 is 2.37 bits per heavy atom. The van der Waals surface area contributed by atoms with E-state index in [1.54, 1.807) is 19.1 Å². The monoisotopic (exact) mass is 261 g/mol. The first-order valence-electron chi connectivity index (χ1n) is 6.21. The van der Waals surface area contributed by atoms with E-state index in [0.717, 1.165) is 12.0 Å². The minimum absolute atomic E-state index is 0.0464. The summed E-state index contributed by atoms with van der Waals surface area (Å²) < 4.78 is 4.94. The van der Waals surface area contributed by atoms with Gasteiger partial charge in [-0.1, -0.05) is 24.3 Å². The predicted octanol–water partition coefficient (Wildman–Crippen LogP) is 2.81. The summed E-state index contributed by atoms with van der Waals surface area (Å²) in [6.45, 7) is 2.19. The van der Waals surface area contributed by atoms with Crippen molar-refractivity contribution in [1.29, 1.82) is 0 Å². The molecule has 0 heterocycles. The van der Waals surface area contributed by atoms with Crippen LogP contribution in [0.1, 0.15) is 18.9 Å². The van der Waals surface area contributed by atoms with Gasteiger partial charge < -0.3 is 4.74 Å². The molecule has 2 atom stereocenters. The van der Waals surface area contributed by atoms with Crippen molar-refractivity contribution in [3.05, 3.63) is 46.0 Å². The van der Waals surface area contributed by atoms with Crippen molar-refractivity contribution < 1.29 is 14.5 Å². The van der Waals surface area contributed by atoms with Crippen LogP contribution in [-0.2, 0) is 9.53 Å². The van der Waals surface area contributed by atoms with E-state index < -0.39 is 4.92 Å². The third-order valence-electron chi connectivity index (χ3n) is 3.05. The number of rotatable bonds is 5. The molecule has 1 aliphatic rings. The standard InChI is InChI=1S/C14H15NO4/c1-2-19-14(16)13-9-11(13)7-6-10-4-3-5-12(8-10)15(17)18/h3-8,11,13H,2,9H2,1H3/b7-6+. The van der Waals surface area contributed by atoms with E-state index >= 15 is 0 Å². The van der Waals surface area contributed by atoms with E-state index in [4.69, 9.17) is 4.74 Å². The molecule has 19 heavy (non-hydrogen) atoms. The maximum Gasteiger partial charge on any atom is 0.309 e. The molecular weight excluding hydrogens is 246 g/mol. The summed E-state index contributed by atoms with van der Waals surface area (Å²) in [5.41, 5.74) is 0.837. The van der Waals surface area contributed by atoms with E-state index in [0.29, 0.717) is 6.61 Å². The van der Waals surface area contributed by atoms with Gasteiger partial charge in [0.05, 0.1) is 17.4 Å². The third-order valence-corrected chi connectivity index (χ3v) is 3.05. The molecule has 5 nitrogen and oxygen atoms in total. The second-order valence-corrected chi connectivity index (χ2v) is 4.47. The van der Waals surface area contributed by atoms with Crippen molar-refractivity contribution in [2.45, 2.75) is 13.3 Å². The first-order chi connectivity index (χ1) is 9.11. The third kappa shape index (κ3) is 3.40. The quantitative estimate of drug-likeness (QED) is 0.464. The van der Waals surface area contributed by atoms with Crippen molar-refractivity contribution in [1.82, 2.24) is 0 Å². The van der Waals surface area contributed by atoms with E-state index in [9.17, 15) is 14.9 Å². The predicted molar refractivity (Wildman–Crippen MR) is 70.4 cm³/mol. The molecular formula is C14H15NO4. The molecule has 0 saturated heterocycles. The molecule has 2 unspecified atom stereocenters. The first-order valence-corrected chi connectivity index (χ1v) is 6.21. The van der Waals surface area contributed by atoms with Gasteiger partial charge in [0.2, 0.25) is 0 Å². The molecule has 100 valence electrons. The Morgan fingerprint density at radius 1 is 1.58 bits per heavy atom. The Kier molecular flexibility index (Phi) is 3.94. The van der Waals surface area contributed by atoms with Gasteiger partial charge in [-0.15, -0.1) is 0 Å². The van der Waals surface area contributed by atoms with Gasteiger partial charge in [-0.2, -0.15) is 0 Å². The SMILES string of the molecule is CCOC(=O)C1CC1/C=C/c1cccc([N+](=O)[O-])c1. The maximum atomic E-state index is 11.4. The maximum absolute atomic E-state index is 11.4. The molecule has 5 heteroatoms. The lowest BCUT2D eigenvalue weighted by Crippen LogP contribution is -2.06. The summed E-state index contributed by atoms with van der Waals surface area (Å²) in [5.74, 6) is -0.00981. The van der Waals surface area contributed by atoms with Crippen LogP contribution >= 0.6 is 0 Å². The fraction of sp³-hybridized carbons (Fsp3) is 0.357. The highest BCUT2D eigenvalue weighted by molar-refractivity contribution is 5.76. The summed E-state index contributed by atoms with van der Waals surface area (Å²) in [7, 11) is 0. The van der Waals surface area contributed by atoms with Crippen molar-refractivity contribution in [2.24, 2.45) is 11.8 Å². The van der Waals surface area contributed by atoms with Gasteiger partial charge in [0.1, 0.15) is 0 Å². The molecule has 0 aromatic heterocycles. The zero-order valence-electron chi connectivity index (χ0n) is 10.6. The fourth-order valence-corrected chi connectivity index (χ4v) is 1.92. The van der Waals surface area contributed by atoms with E-state index in [2.05, 4.69) is 0 Å². The molecule has 1 aromatic carbocycles. The number of esters is 1. The summed E-state index contributed by atoms with van der Waals surface area (Å²) in [5, 5.41) is 10.6. The zero-order chi connectivity index (χ0) is 13.8. The Labute approximate surface area is 111 Å². The molecule has 0 spiro atoms. The van der Waals surface area contributed by atoms with Gasteiger partial charge in [0.15, 0.2) is 0 Å². The van der Waals surface area contributed by atoms with Gasteiger partial charge in [-0.25, -0.2) is 0 Å². The Bertz CT molecular complexity index is 524. The van der Waals surface area contributed by atoms with Crippen molar-refractivity contribution in [3.63, 3.8) is 0 Å². The van der Waals surface area contributed by atoms with Crippen LogP contribution in [0.3, 0.4) is 0 Å². The highest BCUT2D eigenvalue weighted by Crippen LogP contribution is 2.41. The van der Waals surface area contributed by atoms with Crippen LogP contribution in [0.25, 0.3) is 6.08 Å². The van der Waals surface area contributed by atoms with Crippen LogP contribution < -0.4 is 0 Å². The normalized spacial score (nSPS) is 21.3. The number of nitrogens with zero attached hydrogens (tertiary/aromatic N) is 1. The number of nitro benzene ring substituents is 1. The van der Waals surface area contributed by atoms with E-state index in [1.807, 2.05) is 12.2 Å². The van der Waals surface area contributed by atoms with Crippen molar-refractivity contribution in [2.75, 3.05) is 6.61 Å². The molecule has 1 aliphatic carbocycles. The van der Waals surface area contributed by atoms with Crippen molar-refractivity contribution >= 4 is 17.7 Å². The highest BCUT2D eigenvalue weighted by Gasteiger charge is 2.42. The van der Waals surface area contributed by atoms with E-state index in [1.165, 1.54) is 12.1 Å². The van der Waals surface area contributed by atoms with Crippen LogP contribution in [0.15, 0.2) is 30.3 Å². The summed E-state index contributed by atoms with van der Waals surface area (Å²) in [6, 6.07) is 6.41. The zero-order valence-corrected chi connectivity index (χ0v) is 10.6. The average molecular weight is 261 g/mol. The van der Waals surface area contributed by atoms with Gasteiger partial charge in [-0.05, 0) is 24.8 Å². The Morgan fingerprint density at radius 3 is 3.05 bits per heavy atom. The minimum Gasteiger partial charge on any atom is -0.466 e. The fourth-order valence-electron chi connectivity index (χ4n) is 1.92. The summed E-state index contributed by atoms with van der Waals surface area (Å²) in [4.78, 5) is 21.6. The number of hydrogen-bond acceptors (Lipinski definition) is 4. The largest absolute Gasteiger partial charge is 0.466 e. The van der Waals surface area contributed by atoms with Gasteiger partial charge in [0, 0.05) is 12.1 Å². The Balaban J connectivity index is 1.95. The number of nitro groups is 1. The molecule has 0 radical (unpaired) electrons. The van der Waals surface area contributed by atoms with Gasteiger partial charge in [0.25, 0.3) is 5.69 Å². The second-order valence-electron chi connectivity index (χ2n) is 4.47. The lowest BCUT2D eigenvalue weighted by Gasteiger charge is -1.98. The smallest absolute Gasteiger partial charge is 0.309 e. The number of benzene rings is 1. The van der Waals surface area contributed by atoms with Crippen LogP contribution in [0.2, 0.25) is 0 Å². The molecule has 0 amide bonds. The minimum atomic E-state index is -0.421. The molecule has 2 rings (SSSR count). The van der Waals surface area contributed by atoms with Gasteiger partial charge >= 0.3 is 5.97 Å². The Hall–Kier alpha value is -2.17. The molecule has 0 N–H and O–H groups in total. The van der Waals surface area contributed by atoms with Gasteiger partial charge in [-0.3, -0.25) is 14.9 Å². The number of carbonyl (C=O) groups excluding carboxylic acids is 1.